The second-order valence-electron chi connectivity index (χ2n) is 5.39. The Labute approximate surface area is 160 Å². The maximum absolute atomic E-state index is 9.84. The van der Waals surface area contributed by atoms with Gasteiger partial charge in [-0.2, -0.15) is 0 Å². The zero-order valence-corrected chi connectivity index (χ0v) is 15.0. The van der Waals surface area contributed by atoms with E-state index in [1.807, 2.05) is 0 Å². The first kappa shape index (κ1) is 18.0. The third kappa shape index (κ3) is 4.23. The van der Waals surface area contributed by atoms with E-state index in [2.05, 4.69) is 9.98 Å². The van der Waals surface area contributed by atoms with Crippen LogP contribution >= 0.6 is 23.2 Å². The fraction of sp³-hybridized carbons (Fsp3) is 0. The van der Waals surface area contributed by atoms with Crippen molar-refractivity contribution in [1.29, 1.82) is 0 Å². The van der Waals surface area contributed by atoms with Crippen LogP contribution in [0.4, 0.5) is 11.4 Å². The number of halogens is 2. The van der Waals surface area contributed by atoms with Crippen LogP contribution in [0.15, 0.2) is 70.6 Å². The van der Waals surface area contributed by atoms with E-state index in [-0.39, 0.29) is 11.5 Å². The van der Waals surface area contributed by atoms with Crippen molar-refractivity contribution >= 4 is 47.0 Å². The number of phenols is 2. The van der Waals surface area contributed by atoms with Crippen LogP contribution in [0.1, 0.15) is 11.1 Å². The smallest absolute Gasteiger partial charge is 0.124 e. The molecule has 0 amide bonds. The molecule has 0 spiro atoms. The minimum atomic E-state index is 0.121. The number of phenolic OH excluding ortho intramolecular Hbond substituents is 2. The highest BCUT2D eigenvalue weighted by molar-refractivity contribution is 6.42. The van der Waals surface area contributed by atoms with Gasteiger partial charge in [-0.05, 0) is 36.4 Å². The first-order valence-corrected chi connectivity index (χ1v) is 8.43. The predicted molar refractivity (Wildman–Crippen MR) is 107 cm³/mol. The van der Waals surface area contributed by atoms with Gasteiger partial charge in [-0.25, -0.2) is 0 Å². The molecule has 0 aliphatic carbocycles. The van der Waals surface area contributed by atoms with Crippen molar-refractivity contribution in [2.24, 2.45) is 9.98 Å². The molecule has 4 nitrogen and oxygen atoms in total. The van der Waals surface area contributed by atoms with Crippen molar-refractivity contribution in [1.82, 2.24) is 0 Å². The lowest BCUT2D eigenvalue weighted by Crippen LogP contribution is -1.83. The minimum Gasteiger partial charge on any atom is -0.507 e. The molecule has 0 radical (unpaired) electrons. The van der Waals surface area contributed by atoms with Gasteiger partial charge in [0.25, 0.3) is 0 Å². The van der Waals surface area contributed by atoms with Gasteiger partial charge in [0, 0.05) is 23.6 Å². The largest absolute Gasteiger partial charge is 0.507 e. The molecule has 0 unspecified atom stereocenters. The molecule has 3 aromatic rings. The molecule has 6 heteroatoms. The van der Waals surface area contributed by atoms with Crippen molar-refractivity contribution in [3.63, 3.8) is 0 Å². The zero-order chi connectivity index (χ0) is 18.5. The van der Waals surface area contributed by atoms with Gasteiger partial charge in [0.05, 0.1) is 21.4 Å². The number of aliphatic imine (C=N–C) groups is 2. The normalized spacial score (nSPS) is 11.5. The van der Waals surface area contributed by atoms with Crippen LogP contribution in [0.25, 0.3) is 0 Å². The number of nitrogens with zero attached hydrogens (tertiary/aromatic N) is 2. The highest BCUT2D eigenvalue weighted by Gasteiger charge is 2.07. The molecule has 130 valence electrons. The van der Waals surface area contributed by atoms with E-state index in [0.717, 1.165) is 0 Å². The van der Waals surface area contributed by atoms with Crippen LogP contribution in [0.5, 0.6) is 11.5 Å². The fourth-order valence-corrected chi connectivity index (χ4v) is 2.52. The molecule has 2 N–H and O–H groups in total. The summed E-state index contributed by atoms with van der Waals surface area (Å²) in [5, 5.41) is 20.4. The number of benzene rings is 3. The lowest BCUT2D eigenvalue weighted by atomic mass is 10.2. The third-order valence-corrected chi connectivity index (χ3v) is 4.30. The number of hydrogen-bond donors (Lipinski definition) is 2. The molecule has 0 heterocycles. The molecular formula is C20H14Cl2N2O2. The van der Waals surface area contributed by atoms with Crippen molar-refractivity contribution in [2.75, 3.05) is 0 Å². The van der Waals surface area contributed by atoms with Gasteiger partial charge in [0.2, 0.25) is 0 Å². The summed E-state index contributed by atoms with van der Waals surface area (Å²) in [4.78, 5) is 8.74. The van der Waals surface area contributed by atoms with E-state index in [9.17, 15) is 10.2 Å². The molecule has 3 aromatic carbocycles. The standard InChI is InChI=1S/C20H14Cl2N2O2/c21-15-9-17(23-11-13-5-1-3-7-19(13)25)18(10-16(15)22)24-12-14-6-2-4-8-20(14)26/h1-12,25-26H. The molecule has 3 rings (SSSR count). The fourth-order valence-electron chi connectivity index (χ4n) is 2.20. The van der Waals surface area contributed by atoms with Gasteiger partial charge < -0.3 is 10.2 Å². The molecule has 0 fully saturated rings. The molecule has 0 aliphatic heterocycles. The van der Waals surface area contributed by atoms with Crippen LogP contribution in [0.2, 0.25) is 10.0 Å². The van der Waals surface area contributed by atoms with Gasteiger partial charge in [-0.1, -0.05) is 47.5 Å². The third-order valence-electron chi connectivity index (χ3n) is 3.58. The number of para-hydroxylation sites is 2. The van der Waals surface area contributed by atoms with E-state index in [1.165, 1.54) is 12.4 Å². The number of aromatic hydroxyl groups is 2. The van der Waals surface area contributed by atoms with Crippen LogP contribution in [0.3, 0.4) is 0 Å². The summed E-state index contributed by atoms with van der Waals surface area (Å²) < 4.78 is 0. The lowest BCUT2D eigenvalue weighted by molar-refractivity contribution is 0.474. The van der Waals surface area contributed by atoms with E-state index in [4.69, 9.17) is 23.2 Å². The van der Waals surface area contributed by atoms with Crippen molar-refractivity contribution in [3.8, 4) is 11.5 Å². The van der Waals surface area contributed by atoms with Crippen molar-refractivity contribution < 1.29 is 10.2 Å². The molecule has 0 saturated heterocycles. The average molecular weight is 385 g/mol. The van der Waals surface area contributed by atoms with E-state index in [1.54, 1.807) is 60.7 Å². The molecular weight excluding hydrogens is 371 g/mol. The van der Waals surface area contributed by atoms with E-state index >= 15 is 0 Å². The summed E-state index contributed by atoms with van der Waals surface area (Å²) in [6.45, 7) is 0. The Balaban J connectivity index is 1.99. The minimum absolute atomic E-state index is 0.121. The summed E-state index contributed by atoms with van der Waals surface area (Å²) >= 11 is 12.2. The molecule has 0 aromatic heterocycles. The number of rotatable bonds is 4. The molecule has 0 saturated carbocycles. The van der Waals surface area contributed by atoms with Crippen molar-refractivity contribution in [3.05, 3.63) is 81.8 Å². The summed E-state index contributed by atoms with van der Waals surface area (Å²) in [6.07, 6.45) is 3.04. The van der Waals surface area contributed by atoms with E-state index in [0.29, 0.717) is 32.5 Å². The van der Waals surface area contributed by atoms with Crippen LogP contribution in [-0.2, 0) is 0 Å². The van der Waals surface area contributed by atoms with Gasteiger partial charge in [0.1, 0.15) is 11.5 Å². The Hall–Kier alpha value is -2.82. The Morgan fingerprint density at radius 1 is 0.654 bits per heavy atom. The average Bonchev–Trinajstić information content (AvgIpc) is 2.63. The van der Waals surface area contributed by atoms with Gasteiger partial charge in [-0.15, -0.1) is 0 Å². The van der Waals surface area contributed by atoms with Gasteiger partial charge in [-0.3, -0.25) is 9.98 Å². The predicted octanol–water partition coefficient (Wildman–Crippen LogP) is 5.91. The summed E-state index contributed by atoms with van der Waals surface area (Å²) in [5.41, 5.74) is 2.09. The monoisotopic (exact) mass is 384 g/mol. The molecule has 26 heavy (non-hydrogen) atoms. The molecule has 0 aliphatic rings. The first-order valence-electron chi connectivity index (χ1n) is 7.68. The molecule has 0 atom stereocenters. The highest BCUT2D eigenvalue weighted by atomic mass is 35.5. The SMILES string of the molecule is Oc1ccccc1C=Nc1cc(Cl)c(Cl)cc1N=Cc1ccccc1O. The van der Waals surface area contributed by atoms with Crippen LogP contribution in [-0.4, -0.2) is 22.6 Å². The highest BCUT2D eigenvalue weighted by Crippen LogP contribution is 2.36. The van der Waals surface area contributed by atoms with Crippen LogP contribution < -0.4 is 0 Å². The first-order chi connectivity index (χ1) is 12.5. The zero-order valence-electron chi connectivity index (χ0n) is 13.5. The number of hydrogen-bond acceptors (Lipinski definition) is 4. The van der Waals surface area contributed by atoms with Crippen LogP contribution in [0, 0.1) is 0 Å². The second kappa shape index (κ2) is 8.04. The second-order valence-corrected chi connectivity index (χ2v) is 6.20. The summed E-state index contributed by atoms with van der Waals surface area (Å²) in [7, 11) is 0. The van der Waals surface area contributed by atoms with Gasteiger partial charge in [0.15, 0.2) is 0 Å². The maximum atomic E-state index is 9.84. The Morgan fingerprint density at radius 3 is 1.42 bits per heavy atom. The Bertz CT molecular complexity index is 920. The Morgan fingerprint density at radius 2 is 1.04 bits per heavy atom. The lowest BCUT2D eigenvalue weighted by Gasteiger charge is -2.04. The topological polar surface area (TPSA) is 65.2 Å². The summed E-state index contributed by atoms with van der Waals surface area (Å²) in [5.74, 6) is 0.242. The summed E-state index contributed by atoms with van der Waals surface area (Å²) in [6, 6.07) is 16.9. The van der Waals surface area contributed by atoms with E-state index < -0.39 is 0 Å². The molecule has 0 bridgehead atoms. The van der Waals surface area contributed by atoms with Crippen molar-refractivity contribution in [2.45, 2.75) is 0 Å². The Kier molecular flexibility index (Phi) is 5.56. The van der Waals surface area contributed by atoms with Gasteiger partial charge >= 0.3 is 0 Å². The maximum Gasteiger partial charge on any atom is 0.124 e. The quantitative estimate of drug-likeness (QED) is 0.549.